The van der Waals surface area contributed by atoms with Crippen molar-refractivity contribution in [1.82, 2.24) is 14.7 Å². The number of nitrogens with two attached hydrogens (primary N) is 1. The van der Waals surface area contributed by atoms with Gasteiger partial charge in [-0.05, 0) is 50.8 Å². The van der Waals surface area contributed by atoms with Crippen LogP contribution in [0.25, 0.3) is 5.52 Å². The summed E-state index contributed by atoms with van der Waals surface area (Å²) in [6.45, 7) is 3.86. The fraction of sp³-hybridized carbons (Fsp3) is 0.444. The number of fused-ring (bicyclic) bond motifs is 1. The van der Waals surface area contributed by atoms with E-state index in [0.29, 0.717) is 37.4 Å². The first-order chi connectivity index (χ1) is 17.2. The lowest BCUT2D eigenvalue weighted by Crippen LogP contribution is -2.51. The van der Waals surface area contributed by atoms with E-state index in [-0.39, 0.29) is 31.0 Å². The number of nitrogens with zero attached hydrogens (tertiary/aromatic N) is 2. The van der Waals surface area contributed by atoms with Crippen LogP contribution in [0.4, 0.5) is 0 Å². The Bertz CT molecular complexity index is 1190. The van der Waals surface area contributed by atoms with Crippen molar-refractivity contribution in [2.75, 3.05) is 6.61 Å². The first kappa shape index (κ1) is 25.8. The Balaban J connectivity index is 1.55. The molecule has 0 spiro atoms. The molecular formula is C27H34N4O5. The Hall–Kier alpha value is -3.27. The van der Waals surface area contributed by atoms with Crippen LogP contribution in [0.2, 0.25) is 0 Å². The lowest BCUT2D eigenvalue weighted by atomic mass is 10.1. The molecule has 9 heteroatoms. The Kier molecular flexibility index (Phi) is 8.03. The number of amides is 1. The third-order valence-electron chi connectivity index (χ3n) is 6.36. The molecule has 0 radical (unpaired) electrons. The Morgan fingerprint density at radius 2 is 1.94 bits per heavy atom. The average molecular weight is 495 g/mol. The van der Waals surface area contributed by atoms with Crippen molar-refractivity contribution in [3.05, 3.63) is 71.8 Å². The number of carbonyl (C=O) groups is 2. The number of ether oxygens (including phenoxy) is 2. The molecule has 4 N–H and O–H groups in total. The number of pyridine rings is 1. The molecule has 192 valence electrons. The van der Waals surface area contributed by atoms with Crippen molar-refractivity contribution in [3.8, 4) is 0 Å². The number of aliphatic hydroxyl groups excluding tert-OH is 1. The minimum absolute atomic E-state index is 0.0417. The maximum absolute atomic E-state index is 12.8. The molecule has 1 amide bonds. The van der Waals surface area contributed by atoms with Crippen LogP contribution in [0.5, 0.6) is 0 Å². The number of carbonyl (C=O) groups excluding carboxylic acids is 2. The Labute approximate surface area is 210 Å². The van der Waals surface area contributed by atoms with E-state index in [1.807, 2.05) is 52.9 Å². The van der Waals surface area contributed by atoms with E-state index in [0.717, 1.165) is 11.1 Å². The summed E-state index contributed by atoms with van der Waals surface area (Å²) in [5.41, 5.74) is 7.47. The molecule has 0 aliphatic heterocycles. The van der Waals surface area contributed by atoms with Gasteiger partial charge in [0.05, 0.1) is 48.2 Å². The first-order valence-corrected chi connectivity index (χ1v) is 12.2. The highest BCUT2D eigenvalue weighted by atomic mass is 16.5. The maximum atomic E-state index is 12.8. The zero-order valence-corrected chi connectivity index (χ0v) is 20.7. The highest BCUT2D eigenvalue weighted by Crippen LogP contribution is 2.27. The summed E-state index contributed by atoms with van der Waals surface area (Å²) in [7, 11) is 0. The molecule has 0 saturated heterocycles. The fourth-order valence-corrected chi connectivity index (χ4v) is 4.33. The zero-order chi connectivity index (χ0) is 25.7. The predicted molar refractivity (Wildman–Crippen MR) is 134 cm³/mol. The number of aromatic nitrogens is 2. The fourth-order valence-electron chi connectivity index (χ4n) is 4.33. The van der Waals surface area contributed by atoms with Gasteiger partial charge in [-0.25, -0.2) is 4.98 Å². The smallest absolute Gasteiger partial charge is 0.309 e. The molecule has 3 aromatic rings. The average Bonchev–Trinajstić information content (AvgIpc) is 3.48. The number of rotatable bonds is 10. The van der Waals surface area contributed by atoms with Crippen molar-refractivity contribution in [1.29, 1.82) is 0 Å². The second kappa shape index (κ2) is 11.2. The van der Waals surface area contributed by atoms with Crippen molar-refractivity contribution in [2.24, 2.45) is 11.7 Å². The normalized spacial score (nSPS) is 18.8. The van der Waals surface area contributed by atoms with Gasteiger partial charge in [-0.3, -0.25) is 14.0 Å². The summed E-state index contributed by atoms with van der Waals surface area (Å²) >= 11 is 0. The number of imidazole rings is 1. The van der Waals surface area contributed by atoms with E-state index < -0.39 is 17.7 Å². The number of benzene rings is 1. The van der Waals surface area contributed by atoms with Gasteiger partial charge < -0.3 is 25.6 Å². The molecule has 1 aromatic carbocycles. The van der Waals surface area contributed by atoms with Gasteiger partial charge in [-0.2, -0.15) is 0 Å². The van der Waals surface area contributed by atoms with Crippen LogP contribution in [0.1, 0.15) is 56.2 Å². The molecule has 1 saturated carbocycles. The highest BCUT2D eigenvalue weighted by molar-refractivity contribution is 5.85. The predicted octanol–water partition coefficient (Wildman–Crippen LogP) is 2.65. The monoisotopic (exact) mass is 494 g/mol. The quantitative estimate of drug-likeness (QED) is 0.370. The van der Waals surface area contributed by atoms with Crippen LogP contribution in [-0.2, 0) is 32.3 Å². The third-order valence-corrected chi connectivity index (χ3v) is 6.36. The van der Waals surface area contributed by atoms with E-state index in [1.54, 1.807) is 20.0 Å². The summed E-state index contributed by atoms with van der Waals surface area (Å²) < 4.78 is 13.4. The molecule has 0 bridgehead atoms. The summed E-state index contributed by atoms with van der Waals surface area (Å²) in [6.07, 6.45) is 2.93. The van der Waals surface area contributed by atoms with E-state index in [1.165, 1.54) is 0 Å². The highest BCUT2D eigenvalue weighted by Gasteiger charge is 2.31. The summed E-state index contributed by atoms with van der Waals surface area (Å²) in [5.74, 6) is -0.382. The van der Waals surface area contributed by atoms with Gasteiger partial charge in [0.25, 0.3) is 0 Å². The summed E-state index contributed by atoms with van der Waals surface area (Å²) in [4.78, 5) is 29.9. The van der Waals surface area contributed by atoms with E-state index in [2.05, 4.69) is 10.3 Å². The molecule has 2 heterocycles. The molecule has 3 atom stereocenters. The SMILES string of the molecule is CC(C)(N)C(=O)N[C@H](COCc1ccccc1)c1ncc2cccc(COC(=O)C3CC[C@@H](O)C3)n12. The van der Waals surface area contributed by atoms with Gasteiger partial charge in [0.2, 0.25) is 5.91 Å². The molecule has 36 heavy (non-hydrogen) atoms. The molecule has 4 rings (SSSR count). The van der Waals surface area contributed by atoms with E-state index in [9.17, 15) is 14.7 Å². The minimum atomic E-state index is -1.09. The number of hydrogen-bond donors (Lipinski definition) is 3. The summed E-state index contributed by atoms with van der Waals surface area (Å²) in [5, 5.41) is 12.7. The van der Waals surface area contributed by atoms with Gasteiger partial charge in [0.1, 0.15) is 18.5 Å². The topological polar surface area (TPSA) is 128 Å². The van der Waals surface area contributed by atoms with Crippen LogP contribution in [0.15, 0.2) is 54.7 Å². The second-order valence-corrected chi connectivity index (χ2v) is 9.91. The number of nitrogens with one attached hydrogen (secondary N) is 1. The second-order valence-electron chi connectivity index (χ2n) is 9.91. The molecule has 2 aromatic heterocycles. The molecule has 1 aliphatic carbocycles. The van der Waals surface area contributed by atoms with Crippen molar-refractivity contribution < 1.29 is 24.2 Å². The minimum Gasteiger partial charge on any atom is -0.459 e. The van der Waals surface area contributed by atoms with E-state index in [4.69, 9.17) is 15.2 Å². The lowest BCUT2D eigenvalue weighted by Gasteiger charge is -2.24. The molecule has 1 aliphatic rings. The van der Waals surface area contributed by atoms with Gasteiger partial charge >= 0.3 is 5.97 Å². The van der Waals surface area contributed by atoms with Crippen LogP contribution in [-0.4, -0.2) is 44.6 Å². The van der Waals surface area contributed by atoms with Crippen molar-refractivity contribution >= 4 is 17.4 Å². The van der Waals surface area contributed by atoms with E-state index >= 15 is 0 Å². The molecule has 9 nitrogen and oxygen atoms in total. The van der Waals surface area contributed by atoms with Crippen LogP contribution in [0.3, 0.4) is 0 Å². The lowest BCUT2D eigenvalue weighted by molar-refractivity contribution is -0.150. The van der Waals surface area contributed by atoms with Crippen LogP contribution in [0, 0.1) is 5.92 Å². The molecule has 1 fully saturated rings. The number of hydrogen-bond acceptors (Lipinski definition) is 7. The number of aliphatic hydroxyl groups is 1. The van der Waals surface area contributed by atoms with Gasteiger partial charge in [-0.1, -0.05) is 36.4 Å². The van der Waals surface area contributed by atoms with Gasteiger partial charge in [-0.15, -0.1) is 0 Å². The third kappa shape index (κ3) is 6.29. The zero-order valence-electron chi connectivity index (χ0n) is 20.7. The van der Waals surface area contributed by atoms with Crippen molar-refractivity contribution in [3.63, 3.8) is 0 Å². The Morgan fingerprint density at radius 1 is 1.17 bits per heavy atom. The van der Waals surface area contributed by atoms with Gasteiger partial charge in [0, 0.05) is 0 Å². The molecular weight excluding hydrogens is 460 g/mol. The number of esters is 1. The summed E-state index contributed by atoms with van der Waals surface area (Å²) in [6, 6.07) is 14.8. The maximum Gasteiger partial charge on any atom is 0.309 e. The van der Waals surface area contributed by atoms with Crippen LogP contribution >= 0.6 is 0 Å². The van der Waals surface area contributed by atoms with Gasteiger partial charge in [0.15, 0.2) is 0 Å². The molecule has 1 unspecified atom stereocenters. The van der Waals surface area contributed by atoms with Crippen LogP contribution < -0.4 is 11.1 Å². The Morgan fingerprint density at radius 3 is 2.64 bits per heavy atom. The first-order valence-electron chi connectivity index (χ1n) is 12.2. The van der Waals surface area contributed by atoms with Crippen molar-refractivity contribution in [2.45, 2.75) is 64.0 Å². The largest absolute Gasteiger partial charge is 0.459 e. The standard InChI is InChI=1S/C27H34N4O5/c1-27(2,28)26(34)30-23(17-35-15-18-7-4-3-5-8-18)24-29-14-20-9-6-10-21(31(20)24)16-36-25(33)19-11-12-22(32)13-19/h3-10,14,19,22-23,32H,11-13,15-17,28H2,1-2H3,(H,30,34)/t19?,22-,23-/m1/s1.